The van der Waals surface area contributed by atoms with Gasteiger partial charge in [-0.3, -0.25) is 4.79 Å². The molecule has 1 amide bonds. The molecule has 118 valence electrons. The van der Waals surface area contributed by atoms with Gasteiger partial charge in [0.25, 0.3) is 0 Å². The van der Waals surface area contributed by atoms with E-state index >= 15 is 0 Å². The first-order chi connectivity index (χ1) is 10.7. The molecule has 0 saturated carbocycles. The number of aromatic nitrogens is 3. The highest BCUT2D eigenvalue weighted by atomic mass is 32.1. The lowest BCUT2D eigenvalue weighted by molar-refractivity contribution is -0.132. The summed E-state index contributed by atoms with van der Waals surface area (Å²) in [5.41, 5.74) is 0.910. The molecule has 0 bridgehead atoms. The molecule has 1 atom stereocenters. The van der Waals surface area contributed by atoms with E-state index in [1.165, 1.54) is 0 Å². The molecule has 0 N–H and O–H groups in total. The second kappa shape index (κ2) is 6.60. The van der Waals surface area contributed by atoms with Crippen LogP contribution in [0.25, 0.3) is 0 Å². The van der Waals surface area contributed by atoms with Gasteiger partial charge in [-0.1, -0.05) is 6.92 Å². The Morgan fingerprint density at radius 3 is 3.05 bits per heavy atom. The average Bonchev–Trinajstić information content (AvgIpc) is 3.16. The Kier molecular flexibility index (Phi) is 4.57. The van der Waals surface area contributed by atoms with E-state index in [1.807, 2.05) is 29.6 Å². The zero-order valence-electron chi connectivity index (χ0n) is 13.2. The number of carbonyl (C=O) groups excluding carboxylic acids is 1. The number of hydrogen-bond donors (Lipinski definition) is 0. The van der Waals surface area contributed by atoms with Crippen molar-refractivity contribution in [1.29, 1.82) is 0 Å². The van der Waals surface area contributed by atoms with Crippen molar-refractivity contribution in [2.24, 2.45) is 0 Å². The molecular formula is C16H22N4OS. The molecule has 1 aliphatic rings. The van der Waals surface area contributed by atoms with Crippen molar-refractivity contribution in [3.05, 3.63) is 34.3 Å². The first kappa shape index (κ1) is 15.2. The van der Waals surface area contributed by atoms with Crippen LogP contribution in [0.1, 0.15) is 42.3 Å². The fraction of sp³-hybridized carbons (Fsp3) is 0.562. The molecule has 0 unspecified atom stereocenters. The van der Waals surface area contributed by atoms with E-state index in [4.69, 9.17) is 0 Å². The van der Waals surface area contributed by atoms with Crippen LogP contribution in [0.3, 0.4) is 0 Å². The molecule has 3 rings (SSSR count). The van der Waals surface area contributed by atoms with Crippen molar-refractivity contribution in [2.45, 2.75) is 45.6 Å². The lowest BCUT2D eigenvalue weighted by Crippen LogP contribution is -2.41. The normalized spacial score (nSPS) is 18.6. The Morgan fingerprint density at radius 2 is 2.36 bits per heavy atom. The molecule has 1 aliphatic heterocycles. The van der Waals surface area contributed by atoms with Gasteiger partial charge in [-0.25, -0.2) is 9.97 Å². The van der Waals surface area contributed by atoms with Crippen molar-refractivity contribution < 1.29 is 4.79 Å². The molecule has 0 spiro atoms. The summed E-state index contributed by atoms with van der Waals surface area (Å²) in [6.07, 6.45) is 7.36. The molecule has 2 aromatic heterocycles. The maximum absolute atomic E-state index is 12.5. The van der Waals surface area contributed by atoms with Gasteiger partial charge in [-0.05, 0) is 26.2 Å². The van der Waals surface area contributed by atoms with Gasteiger partial charge in [0.1, 0.15) is 5.82 Å². The predicted molar refractivity (Wildman–Crippen MR) is 87.0 cm³/mol. The van der Waals surface area contributed by atoms with E-state index in [-0.39, 0.29) is 5.91 Å². The van der Waals surface area contributed by atoms with Gasteiger partial charge >= 0.3 is 0 Å². The van der Waals surface area contributed by atoms with Gasteiger partial charge in [0.05, 0.1) is 23.2 Å². The minimum atomic E-state index is 0.190. The van der Waals surface area contributed by atoms with E-state index in [1.54, 1.807) is 11.3 Å². The van der Waals surface area contributed by atoms with Gasteiger partial charge in [0, 0.05) is 30.9 Å². The highest BCUT2D eigenvalue weighted by molar-refractivity contribution is 7.09. The number of hydrogen-bond acceptors (Lipinski definition) is 4. The van der Waals surface area contributed by atoms with Crippen molar-refractivity contribution in [3.8, 4) is 0 Å². The van der Waals surface area contributed by atoms with Crippen LogP contribution in [-0.2, 0) is 17.6 Å². The molecule has 1 saturated heterocycles. The standard InChI is InChI=1S/C16H22N4OS/c1-3-15-18-13(11-22-15)9-16(21)19-7-4-5-14(10-19)20-8-6-17-12(20)2/h6,8,11,14H,3-5,7,9-10H2,1-2H3/t14-/m1/s1. The molecule has 22 heavy (non-hydrogen) atoms. The molecular weight excluding hydrogens is 296 g/mol. The van der Waals surface area contributed by atoms with E-state index < -0.39 is 0 Å². The Hall–Kier alpha value is -1.69. The Balaban J connectivity index is 1.64. The maximum atomic E-state index is 12.5. The number of carbonyl (C=O) groups is 1. The molecule has 0 aromatic carbocycles. The predicted octanol–water partition coefficient (Wildman–Crippen LogP) is 2.62. The smallest absolute Gasteiger partial charge is 0.228 e. The van der Waals surface area contributed by atoms with Gasteiger partial charge < -0.3 is 9.47 Å². The molecule has 5 nitrogen and oxygen atoms in total. The summed E-state index contributed by atoms with van der Waals surface area (Å²) in [6, 6.07) is 0.349. The largest absolute Gasteiger partial charge is 0.340 e. The molecule has 0 aliphatic carbocycles. The average molecular weight is 318 g/mol. The molecule has 6 heteroatoms. The van der Waals surface area contributed by atoms with Crippen LogP contribution < -0.4 is 0 Å². The minimum absolute atomic E-state index is 0.190. The van der Waals surface area contributed by atoms with E-state index in [0.29, 0.717) is 12.5 Å². The molecule has 0 radical (unpaired) electrons. The zero-order chi connectivity index (χ0) is 15.5. The summed E-state index contributed by atoms with van der Waals surface area (Å²) in [5, 5.41) is 3.12. The topological polar surface area (TPSA) is 51.0 Å². The Bertz CT molecular complexity index is 648. The highest BCUT2D eigenvalue weighted by Crippen LogP contribution is 2.23. The SMILES string of the molecule is CCc1nc(CC(=O)N2CCC[C@@H](n3ccnc3C)C2)cs1. The quantitative estimate of drug-likeness (QED) is 0.871. The third kappa shape index (κ3) is 3.21. The van der Waals surface area contributed by atoms with Crippen molar-refractivity contribution in [1.82, 2.24) is 19.4 Å². The number of piperidine rings is 1. The van der Waals surface area contributed by atoms with E-state index in [0.717, 1.165) is 48.9 Å². The number of nitrogens with zero attached hydrogens (tertiary/aromatic N) is 4. The first-order valence-corrected chi connectivity index (χ1v) is 8.75. The summed E-state index contributed by atoms with van der Waals surface area (Å²) >= 11 is 1.64. The number of amides is 1. The molecule has 1 fully saturated rings. The van der Waals surface area contributed by atoms with Gasteiger partial charge in [0.15, 0.2) is 0 Å². The number of likely N-dealkylation sites (tertiary alicyclic amines) is 1. The van der Waals surface area contributed by atoms with E-state index in [2.05, 4.69) is 21.5 Å². The number of thiazole rings is 1. The fourth-order valence-electron chi connectivity index (χ4n) is 3.04. The third-order valence-electron chi connectivity index (χ3n) is 4.24. The van der Waals surface area contributed by atoms with Gasteiger partial charge in [-0.2, -0.15) is 0 Å². The van der Waals surface area contributed by atoms with Crippen LogP contribution in [0.5, 0.6) is 0 Å². The second-order valence-corrected chi connectivity index (χ2v) is 6.72. The summed E-state index contributed by atoms with van der Waals surface area (Å²) in [7, 11) is 0. The number of rotatable bonds is 4. The summed E-state index contributed by atoms with van der Waals surface area (Å²) in [5.74, 6) is 1.21. The van der Waals surface area contributed by atoms with Crippen molar-refractivity contribution in [2.75, 3.05) is 13.1 Å². The first-order valence-electron chi connectivity index (χ1n) is 7.88. The van der Waals surface area contributed by atoms with E-state index in [9.17, 15) is 4.79 Å². The highest BCUT2D eigenvalue weighted by Gasteiger charge is 2.25. The Morgan fingerprint density at radius 1 is 1.50 bits per heavy atom. The number of aryl methyl sites for hydroxylation is 2. The summed E-state index contributed by atoms with van der Waals surface area (Å²) < 4.78 is 2.19. The maximum Gasteiger partial charge on any atom is 0.228 e. The summed E-state index contributed by atoms with van der Waals surface area (Å²) in [6.45, 7) is 5.74. The van der Waals surface area contributed by atoms with Crippen molar-refractivity contribution >= 4 is 17.2 Å². The Labute approximate surface area is 135 Å². The van der Waals surface area contributed by atoms with Crippen LogP contribution in [0.4, 0.5) is 0 Å². The lowest BCUT2D eigenvalue weighted by Gasteiger charge is -2.34. The van der Waals surface area contributed by atoms with Crippen LogP contribution in [-0.4, -0.2) is 38.4 Å². The lowest BCUT2D eigenvalue weighted by atomic mass is 10.0. The van der Waals surface area contributed by atoms with Crippen LogP contribution >= 0.6 is 11.3 Å². The van der Waals surface area contributed by atoms with Crippen LogP contribution in [0, 0.1) is 6.92 Å². The van der Waals surface area contributed by atoms with Gasteiger partial charge in [-0.15, -0.1) is 11.3 Å². The monoisotopic (exact) mass is 318 g/mol. The van der Waals surface area contributed by atoms with Crippen LogP contribution in [0.2, 0.25) is 0 Å². The third-order valence-corrected chi connectivity index (χ3v) is 5.28. The molecule has 2 aromatic rings. The second-order valence-electron chi connectivity index (χ2n) is 5.78. The molecule has 3 heterocycles. The van der Waals surface area contributed by atoms with Crippen molar-refractivity contribution in [3.63, 3.8) is 0 Å². The minimum Gasteiger partial charge on any atom is -0.340 e. The number of imidazole rings is 1. The zero-order valence-corrected chi connectivity index (χ0v) is 14.0. The van der Waals surface area contributed by atoms with Gasteiger partial charge in [0.2, 0.25) is 5.91 Å². The van der Waals surface area contributed by atoms with Crippen LogP contribution in [0.15, 0.2) is 17.8 Å². The summed E-state index contributed by atoms with van der Waals surface area (Å²) in [4.78, 5) is 23.3. The fourth-order valence-corrected chi connectivity index (χ4v) is 3.79.